The van der Waals surface area contributed by atoms with Crippen molar-refractivity contribution in [2.45, 2.75) is 0 Å². The number of rotatable bonds is 3. The normalized spacial score (nSPS) is 15.5. The zero-order valence-electron chi connectivity index (χ0n) is 17.4. The van der Waals surface area contributed by atoms with Gasteiger partial charge in [-0.05, 0) is 23.8 Å². The maximum absolute atomic E-state index is 12.8. The molecule has 2 aromatic heterocycles. The molecule has 8 nitrogen and oxygen atoms in total. The molecule has 33 heavy (non-hydrogen) atoms. The van der Waals surface area contributed by atoms with Crippen molar-refractivity contribution in [1.82, 2.24) is 15.0 Å². The van der Waals surface area contributed by atoms with Crippen LogP contribution in [0.2, 0.25) is 0 Å². The number of ether oxygens (including phenoxy) is 1. The summed E-state index contributed by atoms with van der Waals surface area (Å²) in [6.45, 7) is 1.70. The van der Waals surface area contributed by atoms with E-state index in [1.165, 1.54) is 0 Å². The Morgan fingerprint density at radius 1 is 1.18 bits per heavy atom. The van der Waals surface area contributed by atoms with Crippen LogP contribution in [0.5, 0.6) is 0 Å². The summed E-state index contributed by atoms with van der Waals surface area (Å²) in [7, 11) is 0. The molecule has 3 heterocycles. The van der Waals surface area contributed by atoms with E-state index in [0.717, 1.165) is 27.8 Å². The number of nitrogens with zero attached hydrogens (tertiary/aromatic N) is 3. The van der Waals surface area contributed by atoms with Crippen molar-refractivity contribution in [2.75, 3.05) is 26.3 Å². The van der Waals surface area contributed by atoms with Crippen LogP contribution in [-0.2, 0) is 9.53 Å². The van der Waals surface area contributed by atoms with Crippen molar-refractivity contribution in [3.05, 3.63) is 73.6 Å². The number of hydrogen-bond acceptors (Lipinski definition) is 7. The van der Waals surface area contributed by atoms with Gasteiger partial charge >= 0.3 is 0 Å². The van der Waals surface area contributed by atoms with E-state index in [-0.39, 0.29) is 15.8 Å². The Morgan fingerprint density at radius 3 is 2.73 bits per heavy atom. The van der Waals surface area contributed by atoms with Gasteiger partial charge in [0.05, 0.1) is 23.1 Å². The number of amides is 1. The highest BCUT2D eigenvalue weighted by molar-refractivity contribution is 7.07. The fourth-order valence-electron chi connectivity index (χ4n) is 3.67. The number of carbonyl (C=O) groups is 1. The molecule has 1 fully saturated rings. The average Bonchev–Trinajstić information content (AvgIpc) is 3.44. The second kappa shape index (κ2) is 8.86. The highest BCUT2D eigenvalue weighted by Crippen LogP contribution is 2.29. The summed E-state index contributed by atoms with van der Waals surface area (Å²) in [5.74, 6) is 0.251. The summed E-state index contributed by atoms with van der Waals surface area (Å²) in [5, 5.41) is 14.5. The number of nitrogens with one attached hydrogen (secondary N) is 1. The molecule has 1 N–H and O–H groups in total. The summed E-state index contributed by atoms with van der Waals surface area (Å²) >= 11 is 1.09. The number of aromatic amines is 1. The van der Waals surface area contributed by atoms with Gasteiger partial charge in [-0.3, -0.25) is 9.59 Å². The van der Waals surface area contributed by atoms with Gasteiger partial charge in [0, 0.05) is 18.7 Å². The van der Waals surface area contributed by atoms with Crippen LogP contribution >= 0.6 is 11.3 Å². The average molecular weight is 458 g/mol. The van der Waals surface area contributed by atoms with Crippen LogP contribution in [0, 0.1) is 11.3 Å². The fraction of sp³-hybridized carbons (Fsp3) is 0.167. The van der Waals surface area contributed by atoms with Crippen LogP contribution < -0.4 is 14.8 Å². The van der Waals surface area contributed by atoms with E-state index in [1.54, 1.807) is 11.0 Å². The molecule has 0 radical (unpaired) electrons. The van der Waals surface area contributed by atoms with Gasteiger partial charge in [0.1, 0.15) is 16.2 Å². The molecule has 0 aliphatic carbocycles. The molecular weight excluding hydrogens is 440 g/mol. The SMILES string of the molecule is N#CC(C(=O)N1CCOCC1)=c1[nH]c(=O)c(=Cc2ccc3noc(-c4ccccc4)c3c2)s1. The first-order valence-corrected chi connectivity index (χ1v) is 11.1. The van der Waals surface area contributed by atoms with Crippen molar-refractivity contribution in [3.63, 3.8) is 0 Å². The lowest BCUT2D eigenvalue weighted by Gasteiger charge is -2.26. The fourth-order valence-corrected chi connectivity index (χ4v) is 4.61. The molecule has 1 aliphatic heterocycles. The van der Waals surface area contributed by atoms with Crippen molar-refractivity contribution >= 4 is 39.8 Å². The van der Waals surface area contributed by atoms with E-state index in [9.17, 15) is 14.9 Å². The predicted octanol–water partition coefficient (Wildman–Crippen LogP) is 1.61. The number of fused-ring (bicyclic) bond motifs is 1. The second-order valence-electron chi connectivity index (χ2n) is 7.44. The molecule has 5 rings (SSSR count). The van der Waals surface area contributed by atoms with Gasteiger partial charge in [-0.25, -0.2) is 0 Å². The minimum absolute atomic E-state index is 0.0699. The van der Waals surface area contributed by atoms with Crippen LogP contribution in [0.4, 0.5) is 0 Å². The third-order valence-electron chi connectivity index (χ3n) is 5.35. The Hall–Kier alpha value is -4.00. The van der Waals surface area contributed by atoms with Gasteiger partial charge in [0.15, 0.2) is 11.3 Å². The summed E-state index contributed by atoms with van der Waals surface area (Å²) in [6.07, 6.45) is 1.72. The molecule has 164 valence electrons. The molecule has 1 amide bonds. The van der Waals surface area contributed by atoms with Crippen LogP contribution in [0.1, 0.15) is 5.56 Å². The number of morpholine rings is 1. The highest BCUT2D eigenvalue weighted by atomic mass is 32.1. The highest BCUT2D eigenvalue weighted by Gasteiger charge is 2.22. The molecule has 0 atom stereocenters. The molecule has 0 bridgehead atoms. The Labute approximate surface area is 191 Å². The quantitative estimate of drug-likeness (QED) is 0.499. The van der Waals surface area contributed by atoms with E-state index in [2.05, 4.69) is 10.1 Å². The maximum atomic E-state index is 12.8. The third kappa shape index (κ3) is 4.09. The largest absolute Gasteiger partial charge is 0.378 e. The Bertz CT molecular complexity index is 1550. The molecule has 4 aromatic rings. The van der Waals surface area contributed by atoms with Gasteiger partial charge < -0.3 is 19.1 Å². The molecular formula is C24H18N4O4S. The number of nitriles is 1. The Balaban J connectivity index is 1.57. The number of H-pyrrole nitrogens is 1. The van der Waals surface area contributed by atoms with Gasteiger partial charge in [-0.1, -0.05) is 41.6 Å². The van der Waals surface area contributed by atoms with Crippen molar-refractivity contribution in [1.29, 1.82) is 5.26 Å². The number of aromatic nitrogens is 2. The Kier molecular flexibility index (Phi) is 5.60. The summed E-state index contributed by atoms with van der Waals surface area (Å²) < 4.78 is 11.5. The lowest BCUT2D eigenvalue weighted by Crippen LogP contribution is -2.42. The topological polar surface area (TPSA) is 112 Å². The van der Waals surface area contributed by atoms with Crippen LogP contribution in [0.25, 0.3) is 33.9 Å². The van der Waals surface area contributed by atoms with Crippen molar-refractivity contribution in [2.24, 2.45) is 0 Å². The zero-order valence-corrected chi connectivity index (χ0v) is 18.2. The van der Waals surface area contributed by atoms with Crippen LogP contribution in [0.3, 0.4) is 0 Å². The van der Waals surface area contributed by atoms with Gasteiger partial charge in [-0.15, -0.1) is 11.3 Å². The van der Waals surface area contributed by atoms with E-state index in [0.29, 0.717) is 42.1 Å². The first-order valence-electron chi connectivity index (χ1n) is 10.3. The van der Waals surface area contributed by atoms with Crippen molar-refractivity contribution < 1.29 is 14.1 Å². The summed E-state index contributed by atoms with van der Waals surface area (Å²) in [5.41, 5.74) is 1.97. The van der Waals surface area contributed by atoms with E-state index in [4.69, 9.17) is 9.26 Å². The van der Waals surface area contributed by atoms with Gasteiger partial charge in [0.2, 0.25) is 0 Å². The monoisotopic (exact) mass is 458 g/mol. The van der Waals surface area contributed by atoms with E-state index >= 15 is 0 Å². The van der Waals surface area contributed by atoms with Crippen LogP contribution in [-0.4, -0.2) is 47.3 Å². The third-order valence-corrected chi connectivity index (χ3v) is 6.38. The first-order chi connectivity index (χ1) is 16.1. The molecule has 0 unspecified atom stereocenters. The van der Waals surface area contributed by atoms with E-state index < -0.39 is 5.91 Å². The standard InChI is InChI=1S/C24H18N4O4S/c25-14-18(24(30)28-8-10-31-11-9-28)23-26-22(29)20(33-23)13-15-6-7-19-17(12-15)21(32-27-19)16-4-2-1-3-5-16/h1-7,12-13H,8-11H2,(H,26,29). The molecule has 0 spiro atoms. The number of carbonyl (C=O) groups excluding carboxylic acids is 1. The minimum Gasteiger partial charge on any atom is -0.378 e. The zero-order chi connectivity index (χ0) is 22.8. The number of hydrogen-bond donors (Lipinski definition) is 1. The maximum Gasteiger partial charge on any atom is 0.267 e. The van der Waals surface area contributed by atoms with E-state index in [1.807, 2.05) is 54.6 Å². The van der Waals surface area contributed by atoms with Gasteiger partial charge in [-0.2, -0.15) is 5.26 Å². The van der Waals surface area contributed by atoms with Gasteiger partial charge in [0.25, 0.3) is 11.5 Å². The first kappa shape index (κ1) is 20.9. The Morgan fingerprint density at radius 2 is 1.97 bits per heavy atom. The molecule has 1 aliphatic rings. The van der Waals surface area contributed by atoms with Crippen molar-refractivity contribution in [3.8, 4) is 17.4 Å². The smallest absolute Gasteiger partial charge is 0.267 e. The van der Waals surface area contributed by atoms with Crippen LogP contribution in [0.15, 0.2) is 57.8 Å². The lowest BCUT2D eigenvalue weighted by molar-refractivity contribution is -0.128. The number of thiazole rings is 1. The minimum atomic E-state index is -0.400. The second-order valence-corrected chi connectivity index (χ2v) is 8.49. The summed E-state index contributed by atoms with van der Waals surface area (Å²) in [6, 6.07) is 17.2. The lowest BCUT2D eigenvalue weighted by atomic mass is 10.1. The number of benzene rings is 2. The molecule has 9 heteroatoms. The molecule has 0 saturated carbocycles. The predicted molar refractivity (Wildman–Crippen MR) is 124 cm³/mol. The molecule has 2 aromatic carbocycles. The molecule has 1 saturated heterocycles. The summed E-state index contributed by atoms with van der Waals surface area (Å²) in [4.78, 5) is 29.6.